The first kappa shape index (κ1) is 9.39. The lowest BCUT2D eigenvalue weighted by atomic mass is 10.2. The third kappa shape index (κ3) is 1.59. The molecule has 0 fully saturated rings. The van der Waals surface area contributed by atoms with Crippen LogP contribution in [0.25, 0.3) is 10.9 Å². The molecule has 0 aliphatic carbocycles. The molecule has 0 aromatic carbocycles. The van der Waals surface area contributed by atoms with Gasteiger partial charge in [-0.1, -0.05) is 0 Å². The molecule has 0 bridgehead atoms. The average Bonchev–Trinajstić information content (AvgIpc) is 2.27. The number of pyridine rings is 2. The molecule has 76 valence electrons. The third-order valence-electron chi connectivity index (χ3n) is 2.00. The zero-order valence-electron chi connectivity index (χ0n) is 7.97. The molecule has 0 radical (unpaired) electrons. The third-order valence-corrected chi connectivity index (χ3v) is 2.00. The fourth-order valence-electron chi connectivity index (χ4n) is 1.31. The van der Waals surface area contributed by atoms with Crippen LogP contribution >= 0.6 is 0 Å². The number of carboxylic acids is 1. The number of carboxylic acid groups (broad SMARTS) is 1. The maximum atomic E-state index is 10.9. The lowest BCUT2D eigenvalue weighted by Gasteiger charge is -2.05. The quantitative estimate of drug-likeness (QED) is 0.799. The SMILES string of the molecule is COc1cc2cnccc2nc1C(=O)O. The van der Waals surface area contributed by atoms with Gasteiger partial charge in [0.1, 0.15) is 0 Å². The fourth-order valence-corrected chi connectivity index (χ4v) is 1.31. The van der Waals surface area contributed by atoms with Crippen LogP contribution in [0.2, 0.25) is 0 Å². The van der Waals surface area contributed by atoms with Gasteiger partial charge in [0.25, 0.3) is 0 Å². The summed E-state index contributed by atoms with van der Waals surface area (Å²) in [6.07, 6.45) is 3.17. The summed E-state index contributed by atoms with van der Waals surface area (Å²) >= 11 is 0. The maximum Gasteiger partial charge on any atom is 0.358 e. The molecule has 2 heterocycles. The minimum atomic E-state index is -1.11. The van der Waals surface area contributed by atoms with Crippen LogP contribution in [0.1, 0.15) is 10.5 Å². The molecule has 2 aromatic rings. The van der Waals surface area contributed by atoms with E-state index in [0.29, 0.717) is 5.52 Å². The van der Waals surface area contributed by atoms with Crippen molar-refractivity contribution in [1.82, 2.24) is 9.97 Å². The Morgan fingerprint density at radius 3 is 3.00 bits per heavy atom. The number of carbonyl (C=O) groups is 1. The molecule has 2 rings (SSSR count). The molecule has 0 amide bonds. The highest BCUT2D eigenvalue weighted by atomic mass is 16.5. The van der Waals surface area contributed by atoms with Gasteiger partial charge in [0.15, 0.2) is 11.4 Å². The first-order valence-corrected chi connectivity index (χ1v) is 4.24. The van der Waals surface area contributed by atoms with Crippen molar-refractivity contribution in [3.8, 4) is 5.75 Å². The van der Waals surface area contributed by atoms with Crippen molar-refractivity contribution >= 4 is 16.9 Å². The summed E-state index contributed by atoms with van der Waals surface area (Å²) in [5.41, 5.74) is 0.499. The van der Waals surface area contributed by atoms with Crippen LogP contribution in [0.4, 0.5) is 0 Å². The van der Waals surface area contributed by atoms with E-state index in [-0.39, 0.29) is 11.4 Å². The standard InChI is InChI=1S/C10H8N2O3/c1-15-8-4-6-5-11-3-2-7(6)12-9(8)10(13)14/h2-5H,1H3,(H,13,14). The highest BCUT2D eigenvalue weighted by molar-refractivity contribution is 5.93. The lowest BCUT2D eigenvalue weighted by Crippen LogP contribution is -2.04. The van der Waals surface area contributed by atoms with Crippen molar-refractivity contribution in [2.45, 2.75) is 0 Å². The molecular weight excluding hydrogens is 196 g/mol. The minimum Gasteiger partial charge on any atom is -0.494 e. The first-order valence-electron chi connectivity index (χ1n) is 4.24. The molecule has 0 unspecified atom stereocenters. The number of rotatable bonds is 2. The van der Waals surface area contributed by atoms with Gasteiger partial charge in [0, 0.05) is 17.8 Å². The zero-order chi connectivity index (χ0) is 10.8. The van der Waals surface area contributed by atoms with Gasteiger partial charge in [-0.15, -0.1) is 0 Å². The van der Waals surface area contributed by atoms with E-state index in [9.17, 15) is 4.79 Å². The van der Waals surface area contributed by atoms with Gasteiger partial charge in [-0.2, -0.15) is 0 Å². The summed E-state index contributed by atoms with van der Waals surface area (Å²) < 4.78 is 4.94. The number of methoxy groups -OCH3 is 1. The molecule has 2 aromatic heterocycles. The Kier molecular flexibility index (Phi) is 2.21. The number of hydrogen-bond donors (Lipinski definition) is 1. The van der Waals surface area contributed by atoms with Gasteiger partial charge in [0.2, 0.25) is 0 Å². The van der Waals surface area contributed by atoms with Crippen LogP contribution in [0.5, 0.6) is 5.75 Å². The van der Waals surface area contributed by atoms with E-state index in [4.69, 9.17) is 9.84 Å². The zero-order valence-corrected chi connectivity index (χ0v) is 7.97. The van der Waals surface area contributed by atoms with Gasteiger partial charge in [-0.25, -0.2) is 9.78 Å². The number of ether oxygens (including phenoxy) is 1. The molecule has 0 spiro atoms. The predicted molar refractivity (Wildman–Crippen MR) is 53.0 cm³/mol. The van der Waals surface area contributed by atoms with Crippen molar-refractivity contribution in [1.29, 1.82) is 0 Å². The molecule has 0 saturated carbocycles. The Bertz CT molecular complexity index is 525. The summed E-state index contributed by atoms with van der Waals surface area (Å²) in [5.74, 6) is -0.867. The molecule has 5 heteroatoms. The van der Waals surface area contributed by atoms with Crippen LogP contribution in [0, 0.1) is 0 Å². The Morgan fingerprint density at radius 2 is 2.33 bits per heavy atom. The Balaban J connectivity index is 2.74. The summed E-state index contributed by atoms with van der Waals surface area (Å²) in [6.45, 7) is 0. The predicted octanol–water partition coefficient (Wildman–Crippen LogP) is 1.34. The van der Waals surface area contributed by atoms with Gasteiger partial charge in [-0.05, 0) is 12.1 Å². The van der Waals surface area contributed by atoms with Crippen molar-refractivity contribution in [3.05, 3.63) is 30.2 Å². The highest BCUT2D eigenvalue weighted by Gasteiger charge is 2.13. The minimum absolute atomic E-state index is 0.0869. The molecule has 15 heavy (non-hydrogen) atoms. The molecule has 0 saturated heterocycles. The summed E-state index contributed by atoms with van der Waals surface area (Å²) in [6, 6.07) is 3.26. The largest absolute Gasteiger partial charge is 0.494 e. The second kappa shape index (κ2) is 3.53. The summed E-state index contributed by atoms with van der Waals surface area (Å²) in [7, 11) is 1.41. The van der Waals surface area contributed by atoms with E-state index in [0.717, 1.165) is 5.39 Å². The van der Waals surface area contributed by atoms with Crippen LogP contribution in [0.15, 0.2) is 24.5 Å². The Morgan fingerprint density at radius 1 is 1.53 bits per heavy atom. The molecular formula is C10H8N2O3. The van der Waals surface area contributed by atoms with E-state index < -0.39 is 5.97 Å². The number of nitrogens with zero attached hydrogens (tertiary/aromatic N) is 2. The van der Waals surface area contributed by atoms with Crippen LogP contribution in [0.3, 0.4) is 0 Å². The maximum absolute atomic E-state index is 10.9. The van der Waals surface area contributed by atoms with E-state index in [1.165, 1.54) is 7.11 Å². The van der Waals surface area contributed by atoms with Gasteiger partial charge in [-0.3, -0.25) is 4.98 Å². The van der Waals surface area contributed by atoms with Crippen molar-refractivity contribution in [2.24, 2.45) is 0 Å². The molecule has 0 aliphatic rings. The topological polar surface area (TPSA) is 72.3 Å². The summed E-state index contributed by atoms with van der Waals surface area (Å²) in [4.78, 5) is 18.8. The van der Waals surface area contributed by atoms with E-state index in [1.807, 2.05) is 0 Å². The molecule has 1 N–H and O–H groups in total. The second-order valence-corrected chi connectivity index (χ2v) is 2.91. The van der Waals surface area contributed by atoms with Crippen molar-refractivity contribution in [3.63, 3.8) is 0 Å². The van der Waals surface area contributed by atoms with Gasteiger partial charge >= 0.3 is 5.97 Å². The second-order valence-electron chi connectivity index (χ2n) is 2.91. The van der Waals surface area contributed by atoms with E-state index in [1.54, 1.807) is 24.5 Å². The molecule has 0 aliphatic heterocycles. The number of hydrogen-bond acceptors (Lipinski definition) is 4. The van der Waals surface area contributed by atoms with Crippen molar-refractivity contribution < 1.29 is 14.6 Å². The number of aromatic nitrogens is 2. The number of aromatic carboxylic acids is 1. The summed E-state index contributed by atoms with van der Waals surface area (Å²) in [5, 5.41) is 9.65. The molecule has 0 atom stereocenters. The molecule has 5 nitrogen and oxygen atoms in total. The monoisotopic (exact) mass is 204 g/mol. The smallest absolute Gasteiger partial charge is 0.358 e. The van der Waals surface area contributed by atoms with E-state index in [2.05, 4.69) is 9.97 Å². The highest BCUT2D eigenvalue weighted by Crippen LogP contribution is 2.21. The van der Waals surface area contributed by atoms with Crippen LogP contribution in [-0.4, -0.2) is 28.2 Å². The van der Waals surface area contributed by atoms with E-state index >= 15 is 0 Å². The van der Waals surface area contributed by atoms with Gasteiger partial charge < -0.3 is 9.84 Å². The first-order chi connectivity index (χ1) is 7.22. The van der Waals surface area contributed by atoms with Crippen molar-refractivity contribution in [2.75, 3.05) is 7.11 Å². The lowest BCUT2D eigenvalue weighted by molar-refractivity contribution is 0.0687. The Hall–Kier alpha value is -2.17. The van der Waals surface area contributed by atoms with Crippen LogP contribution < -0.4 is 4.74 Å². The fraction of sp³-hybridized carbons (Fsp3) is 0.100. The Labute approximate surface area is 85.4 Å². The normalized spacial score (nSPS) is 10.2. The van der Waals surface area contributed by atoms with Crippen LogP contribution in [-0.2, 0) is 0 Å². The van der Waals surface area contributed by atoms with Gasteiger partial charge in [0.05, 0.1) is 12.6 Å². The average molecular weight is 204 g/mol. The number of fused-ring (bicyclic) bond motifs is 1.